The highest BCUT2D eigenvalue weighted by molar-refractivity contribution is 6.15. The molecule has 144 valence electrons. The normalized spacial score (nSPS) is 16.9. The lowest BCUT2D eigenvalue weighted by Crippen LogP contribution is -2.32. The highest BCUT2D eigenvalue weighted by atomic mass is 16.5. The average Bonchev–Trinajstić information content (AvgIpc) is 3.05. The largest absolute Gasteiger partial charge is 0.477 e. The number of carbonyl (C=O) groups is 1. The van der Waals surface area contributed by atoms with E-state index in [-0.39, 0.29) is 5.78 Å². The van der Waals surface area contributed by atoms with Gasteiger partial charge in [0.15, 0.2) is 5.76 Å². The first kappa shape index (κ1) is 17.6. The zero-order chi connectivity index (χ0) is 19.8. The fraction of sp³-hybridized carbons (Fsp3) is 0.167. The van der Waals surface area contributed by atoms with Crippen LogP contribution >= 0.6 is 0 Å². The van der Waals surface area contributed by atoms with E-state index in [4.69, 9.17) is 9.47 Å². The van der Waals surface area contributed by atoms with Gasteiger partial charge in [-0.25, -0.2) is 0 Å². The van der Waals surface area contributed by atoms with Gasteiger partial charge in [0.2, 0.25) is 5.78 Å². The fourth-order valence-electron chi connectivity index (χ4n) is 3.85. The number of rotatable bonds is 3. The Labute approximate surface area is 169 Å². The summed E-state index contributed by atoms with van der Waals surface area (Å²) >= 11 is 0. The van der Waals surface area contributed by atoms with Crippen LogP contribution in [0.1, 0.15) is 32.6 Å². The molecule has 2 aromatic carbocycles. The van der Waals surface area contributed by atoms with E-state index in [0.717, 1.165) is 35.5 Å². The zero-order valence-corrected chi connectivity index (χ0v) is 16.1. The van der Waals surface area contributed by atoms with E-state index in [1.807, 2.05) is 43.3 Å². The summed E-state index contributed by atoms with van der Waals surface area (Å²) in [5.41, 5.74) is 4.61. The molecular formula is C24H20N2O3. The molecule has 5 rings (SSSR count). The molecule has 1 aromatic heterocycles. The van der Waals surface area contributed by atoms with Crippen LogP contribution in [0.4, 0.5) is 0 Å². The number of benzene rings is 2. The number of Topliss-reactive ketones (excluding diaryl/α,β-unsaturated/α-hetero) is 1. The number of pyridine rings is 1. The summed E-state index contributed by atoms with van der Waals surface area (Å²) in [5, 5.41) is 0. The third-order valence-corrected chi connectivity index (χ3v) is 5.25. The van der Waals surface area contributed by atoms with Crippen LogP contribution in [0.2, 0.25) is 0 Å². The molecule has 0 saturated carbocycles. The molecule has 0 aliphatic carbocycles. The lowest BCUT2D eigenvalue weighted by molar-refractivity contribution is 0.0876. The van der Waals surface area contributed by atoms with E-state index in [1.54, 1.807) is 18.5 Å². The SMILES string of the molecule is Cc1c2c(cc3c1O/C(=C\c1ccncc1)C3=O)CN(Cc1ccccc1)CO2. The molecule has 0 radical (unpaired) electrons. The van der Waals surface area contributed by atoms with Gasteiger partial charge in [-0.1, -0.05) is 30.3 Å². The summed E-state index contributed by atoms with van der Waals surface area (Å²) in [4.78, 5) is 19.2. The Kier molecular flexibility index (Phi) is 4.37. The van der Waals surface area contributed by atoms with Crippen molar-refractivity contribution in [3.8, 4) is 11.5 Å². The number of ether oxygens (including phenoxy) is 2. The summed E-state index contributed by atoms with van der Waals surface area (Å²) in [6.45, 7) is 3.99. The first-order valence-corrected chi connectivity index (χ1v) is 9.59. The van der Waals surface area contributed by atoms with Gasteiger partial charge in [0.25, 0.3) is 0 Å². The maximum absolute atomic E-state index is 12.9. The van der Waals surface area contributed by atoms with E-state index >= 15 is 0 Å². The molecule has 2 aliphatic rings. The molecule has 5 nitrogen and oxygen atoms in total. The van der Waals surface area contributed by atoms with Gasteiger partial charge < -0.3 is 9.47 Å². The van der Waals surface area contributed by atoms with E-state index < -0.39 is 0 Å². The standard InChI is InChI=1S/C24H20N2O3/c1-16-23-19(14-26(15-28-23)13-18-5-3-2-4-6-18)12-20-22(27)21(29-24(16)20)11-17-7-9-25-10-8-17/h2-12H,13-15H2,1H3/b21-11-. The van der Waals surface area contributed by atoms with Gasteiger partial charge in [0.1, 0.15) is 18.2 Å². The van der Waals surface area contributed by atoms with Gasteiger partial charge in [-0.15, -0.1) is 0 Å². The van der Waals surface area contributed by atoms with Gasteiger partial charge in [-0.3, -0.25) is 14.7 Å². The number of ketones is 1. The molecule has 3 heterocycles. The summed E-state index contributed by atoms with van der Waals surface area (Å²) < 4.78 is 12.0. The Hall–Kier alpha value is -3.44. The minimum Gasteiger partial charge on any atom is -0.477 e. The zero-order valence-electron chi connectivity index (χ0n) is 16.1. The molecule has 0 saturated heterocycles. The lowest BCUT2D eigenvalue weighted by atomic mass is 10.00. The molecule has 5 heteroatoms. The van der Waals surface area contributed by atoms with Crippen LogP contribution in [0.25, 0.3) is 6.08 Å². The number of allylic oxidation sites excluding steroid dienone is 1. The molecule has 0 N–H and O–H groups in total. The van der Waals surface area contributed by atoms with E-state index in [9.17, 15) is 4.79 Å². The average molecular weight is 384 g/mol. The maximum Gasteiger partial charge on any atom is 0.231 e. The van der Waals surface area contributed by atoms with Gasteiger partial charge >= 0.3 is 0 Å². The van der Waals surface area contributed by atoms with Gasteiger partial charge in [0, 0.05) is 36.6 Å². The smallest absolute Gasteiger partial charge is 0.231 e. The number of hydrogen-bond acceptors (Lipinski definition) is 5. The number of hydrogen-bond donors (Lipinski definition) is 0. The van der Waals surface area contributed by atoms with Crippen LogP contribution in [0.15, 0.2) is 66.7 Å². The molecule has 2 aliphatic heterocycles. The van der Waals surface area contributed by atoms with Gasteiger partial charge in [-0.05, 0) is 42.3 Å². The molecule has 3 aromatic rings. The van der Waals surface area contributed by atoms with Crippen molar-refractivity contribution in [1.29, 1.82) is 0 Å². The van der Waals surface area contributed by atoms with Crippen LogP contribution in [-0.2, 0) is 13.1 Å². The van der Waals surface area contributed by atoms with Crippen molar-refractivity contribution in [1.82, 2.24) is 9.88 Å². The highest BCUT2D eigenvalue weighted by Gasteiger charge is 2.33. The maximum atomic E-state index is 12.9. The molecule has 0 atom stereocenters. The van der Waals surface area contributed by atoms with Crippen molar-refractivity contribution in [3.63, 3.8) is 0 Å². The second-order valence-corrected chi connectivity index (χ2v) is 7.33. The summed E-state index contributed by atoms with van der Waals surface area (Å²) in [6, 6.07) is 15.9. The Bertz CT molecular complexity index is 1110. The lowest BCUT2D eigenvalue weighted by Gasteiger charge is -2.30. The highest BCUT2D eigenvalue weighted by Crippen LogP contribution is 2.43. The van der Waals surface area contributed by atoms with Crippen LogP contribution in [0.3, 0.4) is 0 Å². The van der Waals surface area contributed by atoms with Crippen molar-refractivity contribution in [2.75, 3.05) is 6.73 Å². The Morgan fingerprint density at radius 3 is 2.69 bits per heavy atom. The van der Waals surface area contributed by atoms with Crippen molar-refractivity contribution in [2.24, 2.45) is 0 Å². The molecule has 29 heavy (non-hydrogen) atoms. The monoisotopic (exact) mass is 384 g/mol. The summed E-state index contributed by atoms with van der Waals surface area (Å²) in [6.07, 6.45) is 5.14. The Morgan fingerprint density at radius 1 is 1.10 bits per heavy atom. The van der Waals surface area contributed by atoms with Crippen LogP contribution in [-0.4, -0.2) is 22.4 Å². The fourth-order valence-corrected chi connectivity index (χ4v) is 3.85. The first-order valence-electron chi connectivity index (χ1n) is 9.59. The van der Waals surface area contributed by atoms with Gasteiger partial charge in [0.05, 0.1) is 5.56 Å². The predicted octanol–water partition coefficient (Wildman–Crippen LogP) is 4.36. The van der Waals surface area contributed by atoms with E-state index in [1.165, 1.54) is 5.56 Å². The van der Waals surface area contributed by atoms with Crippen molar-refractivity contribution < 1.29 is 14.3 Å². The molecule has 0 fully saturated rings. The summed E-state index contributed by atoms with van der Waals surface area (Å²) in [7, 11) is 0. The third-order valence-electron chi connectivity index (χ3n) is 5.25. The van der Waals surface area contributed by atoms with E-state index in [0.29, 0.717) is 23.8 Å². The van der Waals surface area contributed by atoms with Crippen molar-refractivity contribution in [3.05, 3.63) is 94.5 Å². The number of nitrogens with zero attached hydrogens (tertiary/aromatic N) is 2. The molecule has 0 unspecified atom stereocenters. The second kappa shape index (κ2) is 7.18. The number of carbonyl (C=O) groups excluding carboxylic acids is 1. The molecule has 0 spiro atoms. The molecule has 0 amide bonds. The Morgan fingerprint density at radius 2 is 1.90 bits per heavy atom. The predicted molar refractivity (Wildman–Crippen MR) is 110 cm³/mol. The topological polar surface area (TPSA) is 51.7 Å². The van der Waals surface area contributed by atoms with E-state index in [2.05, 4.69) is 22.0 Å². The third kappa shape index (κ3) is 3.30. The minimum absolute atomic E-state index is 0.0945. The number of fused-ring (bicyclic) bond motifs is 2. The van der Waals surface area contributed by atoms with Crippen molar-refractivity contribution in [2.45, 2.75) is 20.0 Å². The van der Waals surface area contributed by atoms with Crippen molar-refractivity contribution >= 4 is 11.9 Å². The molecular weight excluding hydrogens is 364 g/mol. The molecule has 0 bridgehead atoms. The Balaban J connectivity index is 1.44. The quantitative estimate of drug-likeness (QED) is 0.628. The van der Waals surface area contributed by atoms with Gasteiger partial charge in [-0.2, -0.15) is 0 Å². The number of aromatic nitrogens is 1. The van der Waals surface area contributed by atoms with Crippen LogP contribution in [0, 0.1) is 6.92 Å². The minimum atomic E-state index is -0.0945. The first-order chi connectivity index (χ1) is 14.2. The summed E-state index contributed by atoms with van der Waals surface area (Å²) in [5.74, 6) is 1.66. The van der Waals surface area contributed by atoms with Crippen LogP contribution in [0.5, 0.6) is 11.5 Å². The van der Waals surface area contributed by atoms with Crippen LogP contribution < -0.4 is 9.47 Å². The second-order valence-electron chi connectivity index (χ2n) is 7.33.